The average Bonchev–Trinajstić information content (AvgIpc) is 2.40. The van der Waals surface area contributed by atoms with Crippen LogP contribution in [0.3, 0.4) is 0 Å². The Bertz CT molecular complexity index is 425. The summed E-state index contributed by atoms with van der Waals surface area (Å²) >= 11 is 0. The lowest BCUT2D eigenvalue weighted by atomic mass is 9.84. The smallest absolute Gasteiger partial charge is 0.0823 e. The van der Waals surface area contributed by atoms with E-state index in [4.69, 9.17) is 10.6 Å². The monoisotopic (exact) mass is 262 g/mol. The Balaban J connectivity index is 2.11. The van der Waals surface area contributed by atoms with Gasteiger partial charge in [0.15, 0.2) is 0 Å². The molecule has 1 aromatic carbocycles. The molecule has 2 atom stereocenters. The van der Waals surface area contributed by atoms with Gasteiger partial charge in [-0.25, -0.2) is 0 Å². The number of hydrogen-bond donors (Lipinski definition) is 2. The van der Waals surface area contributed by atoms with Crippen molar-refractivity contribution in [2.45, 2.75) is 58.1 Å². The number of nitrogens with two attached hydrogens (primary N) is 1. The number of rotatable bonds is 4. The molecule has 106 valence electrons. The predicted molar refractivity (Wildman–Crippen MR) is 78.9 cm³/mol. The summed E-state index contributed by atoms with van der Waals surface area (Å²) in [5, 5.41) is 0. The molecule has 2 unspecified atom stereocenters. The zero-order valence-electron chi connectivity index (χ0n) is 12.3. The largest absolute Gasteiger partial charge is 0.374 e. The van der Waals surface area contributed by atoms with Crippen LogP contribution in [0.5, 0.6) is 0 Å². The minimum Gasteiger partial charge on any atom is -0.374 e. The molecule has 3 N–H and O–H groups in total. The van der Waals surface area contributed by atoms with E-state index >= 15 is 0 Å². The average molecular weight is 262 g/mol. The summed E-state index contributed by atoms with van der Waals surface area (Å²) in [5.74, 6) is 5.77. The topological polar surface area (TPSA) is 47.3 Å². The third-order valence-corrected chi connectivity index (χ3v) is 4.45. The summed E-state index contributed by atoms with van der Waals surface area (Å²) in [5.41, 5.74) is 6.81. The summed E-state index contributed by atoms with van der Waals surface area (Å²) in [7, 11) is 0. The van der Waals surface area contributed by atoms with Crippen molar-refractivity contribution in [3.63, 3.8) is 0 Å². The van der Waals surface area contributed by atoms with Crippen molar-refractivity contribution < 1.29 is 4.74 Å². The molecule has 3 nitrogen and oxygen atoms in total. The van der Waals surface area contributed by atoms with Crippen LogP contribution in [-0.4, -0.2) is 18.2 Å². The summed E-state index contributed by atoms with van der Waals surface area (Å²) in [4.78, 5) is 0. The molecule has 1 heterocycles. The highest BCUT2D eigenvalue weighted by Gasteiger charge is 2.36. The minimum absolute atomic E-state index is 0.147. The maximum absolute atomic E-state index is 6.00. The first-order valence-electron chi connectivity index (χ1n) is 7.21. The van der Waals surface area contributed by atoms with Crippen LogP contribution < -0.4 is 11.3 Å². The van der Waals surface area contributed by atoms with Gasteiger partial charge in [0.2, 0.25) is 0 Å². The van der Waals surface area contributed by atoms with Crippen LogP contribution in [0, 0.1) is 13.8 Å². The first-order valence-corrected chi connectivity index (χ1v) is 7.21. The van der Waals surface area contributed by atoms with Gasteiger partial charge in [-0.1, -0.05) is 18.2 Å². The molecule has 19 heavy (non-hydrogen) atoms. The molecular formula is C16H26N2O. The van der Waals surface area contributed by atoms with Crippen LogP contribution in [0.2, 0.25) is 0 Å². The zero-order chi connectivity index (χ0) is 13.9. The van der Waals surface area contributed by atoms with Gasteiger partial charge in [-0.15, -0.1) is 0 Å². The van der Waals surface area contributed by atoms with Crippen LogP contribution in [0.25, 0.3) is 0 Å². The van der Waals surface area contributed by atoms with Crippen molar-refractivity contribution in [3.05, 3.63) is 34.9 Å². The third kappa shape index (κ3) is 3.35. The molecular weight excluding hydrogens is 236 g/mol. The van der Waals surface area contributed by atoms with E-state index in [2.05, 4.69) is 44.4 Å². The fourth-order valence-electron chi connectivity index (χ4n) is 2.85. The number of hydrogen-bond acceptors (Lipinski definition) is 3. The fraction of sp³-hybridized carbons (Fsp3) is 0.625. The van der Waals surface area contributed by atoms with E-state index in [-0.39, 0.29) is 11.6 Å². The summed E-state index contributed by atoms with van der Waals surface area (Å²) in [6.45, 7) is 7.32. The molecule has 0 spiro atoms. The maximum Gasteiger partial charge on any atom is 0.0823 e. The van der Waals surface area contributed by atoms with Gasteiger partial charge in [0, 0.05) is 6.61 Å². The van der Waals surface area contributed by atoms with Crippen molar-refractivity contribution in [2.24, 2.45) is 5.84 Å². The van der Waals surface area contributed by atoms with Crippen molar-refractivity contribution in [1.29, 1.82) is 0 Å². The van der Waals surface area contributed by atoms with Gasteiger partial charge in [0.1, 0.15) is 0 Å². The van der Waals surface area contributed by atoms with Crippen molar-refractivity contribution >= 4 is 0 Å². The first kappa shape index (κ1) is 14.5. The lowest BCUT2D eigenvalue weighted by Crippen LogP contribution is -2.55. The molecule has 1 saturated heterocycles. The number of ether oxygens (including phenoxy) is 1. The molecule has 0 aromatic heterocycles. The lowest BCUT2D eigenvalue weighted by Gasteiger charge is -2.40. The summed E-state index contributed by atoms with van der Waals surface area (Å²) in [6, 6.07) is 6.79. The second-order valence-corrected chi connectivity index (χ2v) is 5.96. The van der Waals surface area contributed by atoms with Crippen LogP contribution >= 0.6 is 0 Å². The second kappa shape index (κ2) is 6.04. The van der Waals surface area contributed by atoms with E-state index < -0.39 is 0 Å². The van der Waals surface area contributed by atoms with Gasteiger partial charge in [0.25, 0.3) is 0 Å². The Labute approximate surface area is 116 Å². The number of nitrogens with one attached hydrogen (secondary N) is 1. The summed E-state index contributed by atoms with van der Waals surface area (Å²) < 4.78 is 6.00. The molecule has 1 fully saturated rings. The molecule has 1 aliphatic rings. The maximum atomic E-state index is 6.00. The Morgan fingerprint density at radius 2 is 2.11 bits per heavy atom. The fourth-order valence-corrected chi connectivity index (χ4v) is 2.85. The molecule has 0 bridgehead atoms. The Morgan fingerprint density at radius 3 is 2.68 bits per heavy atom. The molecule has 0 saturated carbocycles. The number of aryl methyl sites for hydroxylation is 2. The van der Waals surface area contributed by atoms with Crippen LogP contribution in [0.4, 0.5) is 0 Å². The number of hydrazine groups is 1. The van der Waals surface area contributed by atoms with Crippen LogP contribution in [-0.2, 0) is 11.2 Å². The predicted octanol–water partition coefficient (Wildman–Crippen LogP) is 2.64. The SMILES string of the molecule is Cc1ccc(CC(NN)C2(C)CCCCO2)cc1C. The Morgan fingerprint density at radius 1 is 1.32 bits per heavy atom. The molecule has 2 rings (SSSR count). The van der Waals surface area contributed by atoms with E-state index in [1.807, 2.05) is 0 Å². The van der Waals surface area contributed by atoms with Crippen LogP contribution in [0.15, 0.2) is 18.2 Å². The van der Waals surface area contributed by atoms with Crippen molar-refractivity contribution in [2.75, 3.05) is 6.61 Å². The van der Waals surface area contributed by atoms with Crippen molar-refractivity contribution in [3.8, 4) is 0 Å². The van der Waals surface area contributed by atoms with E-state index in [1.165, 1.54) is 23.1 Å². The molecule has 3 heteroatoms. The molecule has 0 amide bonds. The molecule has 1 aromatic rings. The van der Waals surface area contributed by atoms with E-state index in [0.717, 1.165) is 25.9 Å². The van der Waals surface area contributed by atoms with E-state index in [1.54, 1.807) is 0 Å². The minimum atomic E-state index is -0.147. The molecule has 1 aliphatic heterocycles. The lowest BCUT2D eigenvalue weighted by molar-refractivity contribution is -0.0884. The second-order valence-electron chi connectivity index (χ2n) is 5.96. The van der Waals surface area contributed by atoms with Gasteiger partial charge < -0.3 is 4.74 Å². The van der Waals surface area contributed by atoms with Gasteiger partial charge in [0.05, 0.1) is 11.6 Å². The number of benzene rings is 1. The van der Waals surface area contributed by atoms with E-state index in [0.29, 0.717) is 0 Å². The Kier molecular flexibility index (Phi) is 4.61. The Hall–Kier alpha value is -0.900. The highest BCUT2D eigenvalue weighted by Crippen LogP contribution is 2.29. The third-order valence-electron chi connectivity index (χ3n) is 4.45. The normalized spacial score (nSPS) is 25.3. The van der Waals surface area contributed by atoms with Crippen molar-refractivity contribution in [1.82, 2.24) is 5.43 Å². The highest BCUT2D eigenvalue weighted by molar-refractivity contribution is 5.30. The standard InChI is InChI=1S/C16H26N2O/c1-12-6-7-14(10-13(12)2)11-15(18-17)16(3)8-4-5-9-19-16/h6-7,10,15,18H,4-5,8-9,11,17H2,1-3H3. The van der Waals surface area contributed by atoms with Gasteiger partial charge in [-0.05, 0) is 63.1 Å². The molecule has 0 aliphatic carbocycles. The first-order chi connectivity index (χ1) is 9.05. The summed E-state index contributed by atoms with van der Waals surface area (Å²) in [6.07, 6.45) is 4.37. The van der Waals surface area contributed by atoms with Crippen LogP contribution in [0.1, 0.15) is 42.9 Å². The van der Waals surface area contributed by atoms with E-state index in [9.17, 15) is 0 Å². The highest BCUT2D eigenvalue weighted by atomic mass is 16.5. The molecule has 0 radical (unpaired) electrons. The zero-order valence-corrected chi connectivity index (χ0v) is 12.3. The quantitative estimate of drug-likeness (QED) is 0.648. The van der Waals surface area contributed by atoms with Gasteiger partial charge in [-0.3, -0.25) is 11.3 Å². The van der Waals surface area contributed by atoms with Gasteiger partial charge >= 0.3 is 0 Å². The van der Waals surface area contributed by atoms with Gasteiger partial charge in [-0.2, -0.15) is 0 Å².